The number of likely N-dealkylation sites (N-methyl/N-ethyl adjacent to an activating group) is 1. The lowest BCUT2D eigenvalue weighted by Gasteiger charge is -2.19. The molecule has 1 atom stereocenters. The van der Waals surface area contributed by atoms with Crippen LogP contribution in [-0.4, -0.2) is 46.6 Å². The molecule has 1 aromatic rings. The molecule has 0 aromatic heterocycles. The summed E-state index contributed by atoms with van der Waals surface area (Å²) in [7, 11) is 1.70. The minimum atomic E-state index is 0.0561. The molecule has 0 radical (unpaired) electrons. The van der Waals surface area contributed by atoms with Crippen molar-refractivity contribution in [1.82, 2.24) is 5.32 Å². The van der Waals surface area contributed by atoms with Crippen molar-refractivity contribution >= 4 is 15.9 Å². The average Bonchev–Trinajstić information content (AvgIpc) is 2.50. The second kappa shape index (κ2) is 12.1. The Balaban J connectivity index is 2.31. The predicted molar refractivity (Wildman–Crippen MR) is 88.7 cm³/mol. The Morgan fingerprint density at radius 3 is 2.52 bits per heavy atom. The van der Waals surface area contributed by atoms with Gasteiger partial charge in [0.1, 0.15) is 0 Å². The largest absolute Gasteiger partial charge is 0.385 e. The number of benzene rings is 1. The Morgan fingerprint density at radius 2 is 1.86 bits per heavy atom. The van der Waals surface area contributed by atoms with Crippen LogP contribution in [0, 0.1) is 0 Å². The summed E-state index contributed by atoms with van der Waals surface area (Å²) in [5, 5.41) is 3.34. The average molecular weight is 360 g/mol. The summed E-state index contributed by atoms with van der Waals surface area (Å²) in [5.41, 5.74) is 1.18. The molecule has 0 spiro atoms. The number of hydrogen-bond donors (Lipinski definition) is 1. The molecule has 1 unspecified atom stereocenters. The number of nitrogens with one attached hydrogen (secondary N) is 1. The Labute approximate surface area is 136 Å². The fraction of sp³-hybridized carbons (Fsp3) is 0.625. The van der Waals surface area contributed by atoms with Crippen LogP contribution in [0.5, 0.6) is 0 Å². The maximum atomic E-state index is 5.94. The maximum Gasteiger partial charge on any atom is 0.0950 e. The highest BCUT2D eigenvalue weighted by Gasteiger charge is 2.11. The Kier molecular flexibility index (Phi) is 10.7. The van der Waals surface area contributed by atoms with Crippen molar-refractivity contribution in [2.45, 2.75) is 19.4 Å². The van der Waals surface area contributed by atoms with Crippen molar-refractivity contribution in [3.05, 3.63) is 34.3 Å². The maximum absolute atomic E-state index is 5.94. The molecule has 0 amide bonds. The SMILES string of the molecule is CCNCC(OCCOCCCOC)c1ccc(Br)cc1. The van der Waals surface area contributed by atoms with Gasteiger partial charge in [0.05, 0.1) is 19.3 Å². The van der Waals surface area contributed by atoms with E-state index in [1.54, 1.807) is 7.11 Å². The zero-order valence-corrected chi connectivity index (χ0v) is 14.5. The van der Waals surface area contributed by atoms with Crippen LogP contribution in [0.25, 0.3) is 0 Å². The first-order chi connectivity index (χ1) is 10.3. The number of ether oxygens (including phenoxy) is 3. The van der Waals surface area contributed by atoms with Crippen molar-refractivity contribution in [3.8, 4) is 0 Å². The molecule has 0 fully saturated rings. The molecule has 120 valence electrons. The van der Waals surface area contributed by atoms with Crippen LogP contribution in [0.2, 0.25) is 0 Å². The quantitative estimate of drug-likeness (QED) is 0.582. The van der Waals surface area contributed by atoms with Crippen LogP contribution in [0.1, 0.15) is 25.0 Å². The topological polar surface area (TPSA) is 39.7 Å². The molecule has 0 aliphatic heterocycles. The normalized spacial score (nSPS) is 12.5. The molecule has 0 aliphatic rings. The van der Waals surface area contributed by atoms with Gasteiger partial charge >= 0.3 is 0 Å². The summed E-state index contributed by atoms with van der Waals surface area (Å²) < 4.78 is 17.5. The predicted octanol–water partition coefficient (Wildman–Crippen LogP) is 3.17. The van der Waals surface area contributed by atoms with Crippen LogP contribution in [0.4, 0.5) is 0 Å². The van der Waals surface area contributed by atoms with E-state index in [1.807, 2.05) is 12.1 Å². The van der Waals surface area contributed by atoms with Crippen molar-refractivity contribution < 1.29 is 14.2 Å². The first-order valence-corrected chi connectivity index (χ1v) is 8.21. The third-order valence-corrected chi connectivity index (χ3v) is 3.53. The second-order valence-corrected chi connectivity index (χ2v) is 5.59. The second-order valence-electron chi connectivity index (χ2n) is 4.68. The van der Waals surface area contributed by atoms with E-state index in [9.17, 15) is 0 Å². The van der Waals surface area contributed by atoms with Gasteiger partial charge in [-0.05, 0) is 30.7 Å². The monoisotopic (exact) mass is 359 g/mol. The zero-order valence-electron chi connectivity index (χ0n) is 12.9. The first-order valence-electron chi connectivity index (χ1n) is 7.42. The van der Waals surface area contributed by atoms with Gasteiger partial charge in [0.25, 0.3) is 0 Å². The fourth-order valence-electron chi connectivity index (χ4n) is 1.88. The number of rotatable bonds is 12. The highest BCUT2D eigenvalue weighted by Crippen LogP contribution is 2.19. The van der Waals surface area contributed by atoms with E-state index in [4.69, 9.17) is 14.2 Å². The number of halogens is 1. The Hall–Kier alpha value is -0.460. The molecular weight excluding hydrogens is 334 g/mol. The van der Waals surface area contributed by atoms with Crippen LogP contribution in [-0.2, 0) is 14.2 Å². The molecule has 0 bridgehead atoms. The van der Waals surface area contributed by atoms with Crippen molar-refractivity contribution in [2.24, 2.45) is 0 Å². The minimum absolute atomic E-state index is 0.0561. The van der Waals surface area contributed by atoms with Crippen LogP contribution < -0.4 is 5.32 Å². The summed E-state index contributed by atoms with van der Waals surface area (Å²) in [5.74, 6) is 0. The van der Waals surface area contributed by atoms with Crippen LogP contribution in [0.15, 0.2) is 28.7 Å². The van der Waals surface area contributed by atoms with Gasteiger partial charge < -0.3 is 19.5 Å². The number of hydrogen-bond acceptors (Lipinski definition) is 4. The zero-order chi connectivity index (χ0) is 15.3. The molecule has 0 heterocycles. The van der Waals surface area contributed by atoms with Gasteiger partial charge in [-0.2, -0.15) is 0 Å². The van der Waals surface area contributed by atoms with E-state index in [2.05, 4.69) is 40.3 Å². The van der Waals surface area contributed by atoms with Gasteiger partial charge in [0, 0.05) is 31.3 Å². The van der Waals surface area contributed by atoms with Gasteiger partial charge in [0.15, 0.2) is 0 Å². The van der Waals surface area contributed by atoms with Crippen molar-refractivity contribution in [3.63, 3.8) is 0 Å². The molecule has 0 saturated heterocycles. The van der Waals surface area contributed by atoms with E-state index >= 15 is 0 Å². The third kappa shape index (κ3) is 8.53. The van der Waals surface area contributed by atoms with Gasteiger partial charge in [-0.1, -0.05) is 35.0 Å². The lowest BCUT2D eigenvalue weighted by atomic mass is 10.1. The van der Waals surface area contributed by atoms with E-state index in [0.717, 1.165) is 30.6 Å². The summed E-state index contributed by atoms with van der Waals surface area (Å²) in [6.07, 6.45) is 0.977. The molecule has 1 N–H and O–H groups in total. The van der Waals surface area contributed by atoms with E-state index in [1.165, 1.54) is 5.56 Å². The van der Waals surface area contributed by atoms with E-state index in [0.29, 0.717) is 19.8 Å². The van der Waals surface area contributed by atoms with Crippen molar-refractivity contribution in [2.75, 3.05) is 46.6 Å². The molecular formula is C16H26BrNO3. The third-order valence-electron chi connectivity index (χ3n) is 3.01. The molecule has 4 nitrogen and oxygen atoms in total. The standard InChI is InChI=1S/C16H26BrNO3/c1-3-18-13-16(14-5-7-15(17)8-6-14)21-12-11-20-10-4-9-19-2/h5-8,16,18H,3-4,9-13H2,1-2H3. The van der Waals surface area contributed by atoms with Gasteiger partial charge in [0.2, 0.25) is 0 Å². The molecule has 0 saturated carbocycles. The first kappa shape index (κ1) is 18.6. The van der Waals surface area contributed by atoms with E-state index in [-0.39, 0.29) is 6.10 Å². The van der Waals surface area contributed by atoms with Crippen LogP contribution in [0.3, 0.4) is 0 Å². The van der Waals surface area contributed by atoms with Crippen molar-refractivity contribution in [1.29, 1.82) is 0 Å². The number of methoxy groups -OCH3 is 1. The van der Waals surface area contributed by atoms with E-state index < -0.39 is 0 Å². The van der Waals surface area contributed by atoms with Gasteiger partial charge in [-0.15, -0.1) is 0 Å². The summed E-state index contributed by atoms with van der Waals surface area (Å²) in [4.78, 5) is 0. The highest BCUT2D eigenvalue weighted by atomic mass is 79.9. The van der Waals surface area contributed by atoms with Crippen LogP contribution >= 0.6 is 15.9 Å². The lowest BCUT2D eigenvalue weighted by molar-refractivity contribution is 0.000936. The van der Waals surface area contributed by atoms with Gasteiger partial charge in [-0.3, -0.25) is 0 Å². The Bertz CT molecular complexity index is 359. The smallest absolute Gasteiger partial charge is 0.0950 e. The minimum Gasteiger partial charge on any atom is -0.385 e. The molecule has 21 heavy (non-hydrogen) atoms. The molecule has 0 aliphatic carbocycles. The Morgan fingerprint density at radius 1 is 1.10 bits per heavy atom. The summed E-state index contributed by atoms with van der Waals surface area (Å²) >= 11 is 3.45. The lowest BCUT2D eigenvalue weighted by Crippen LogP contribution is -2.24. The summed E-state index contributed by atoms with van der Waals surface area (Å²) in [6, 6.07) is 8.26. The molecule has 1 rings (SSSR count). The highest BCUT2D eigenvalue weighted by molar-refractivity contribution is 9.10. The van der Waals surface area contributed by atoms with Gasteiger partial charge in [-0.25, -0.2) is 0 Å². The molecule has 5 heteroatoms. The summed E-state index contributed by atoms with van der Waals surface area (Å²) in [6.45, 7) is 6.50. The fourth-order valence-corrected chi connectivity index (χ4v) is 2.15. The molecule has 1 aromatic carbocycles.